The van der Waals surface area contributed by atoms with Crippen molar-refractivity contribution in [2.24, 2.45) is 5.73 Å². The molecule has 1 unspecified atom stereocenters. The maximum absolute atomic E-state index is 12.4. The third kappa shape index (κ3) is 3.46. The van der Waals surface area contributed by atoms with Gasteiger partial charge < -0.3 is 19.9 Å². The number of halogens is 1. The van der Waals surface area contributed by atoms with Crippen LogP contribution in [0.3, 0.4) is 0 Å². The second-order valence-corrected chi connectivity index (χ2v) is 5.96. The Hall–Kier alpha value is -2.28. The lowest BCUT2D eigenvalue weighted by Crippen LogP contribution is -2.29. The van der Waals surface area contributed by atoms with Gasteiger partial charge in [-0.3, -0.25) is 0 Å². The molecule has 0 amide bonds. The monoisotopic (exact) mass is 395 g/mol. The van der Waals surface area contributed by atoms with Crippen LogP contribution in [0.5, 0.6) is 0 Å². The van der Waals surface area contributed by atoms with Crippen LogP contribution >= 0.6 is 15.9 Å². The molecular weight excluding hydrogens is 378 g/mol. The fourth-order valence-electron chi connectivity index (χ4n) is 2.55. The number of hydrogen-bond donors (Lipinski definition) is 1. The quantitative estimate of drug-likeness (QED) is 0.788. The largest absolute Gasteiger partial charge is 0.465 e. The van der Waals surface area contributed by atoms with Crippen LogP contribution in [0.2, 0.25) is 0 Å². The Morgan fingerprint density at radius 1 is 1.21 bits per heavy atom. The molecule has 24 heavy (non-hydrogen) atoms. The normalized spacial score (nSPS) is 17.4. The first-order chi connectivity index (χ1) is 11.4. The maximum Gasteiger partial charge on any atom is 0.340 e. The van der Waals surface area contributed by atoms with Crippen molar-refractivity contribution in [3.8, 4) is 0 Å². The Kier molecular flexibility index (Phi) is 5.66. The minimum atomic E-state index is -0.724. The van der Waals surface area contributed by atoms with Gasteiger partial charge >= 0.3 is 11.9 Å². The predicted molar refractivity (Wildman–Crippen MR) is 90.5 cm³/mol. The van der Waals surface area contributed by atoms with Crippen LogP contribution in [0, 0.1) is 0 Å². The zero-order valence-electron chi connectivity index (χ0n) is 13.6. The molecule has 128 valence electrons. The van der Waals surface area contributed by atoms with Crippen LogP contribution in [-0.4, -0.2) is 25.7 Å². The third-order valence-electron chi connectivity index (χ3n) is 3.59. The van der Waals surface area contributed by atoms with E-state index in [4.69, 9.17) is 19.9 Å². The summed E-state index contributed by atoms with van der Waals surface area (Å²) in [5.41, 5.74) is 6.91. The molecule has 2 rings (SSSR count). The molecule has 0 aromatic heterocycles. The van der Waals surface area contributed by atoms with Crippen LogP contribution in [0.1, 0.15) is 25.3 Å². The average molecular weight is 396 g/mol. The van der Waals surface area contributed by atoms with Gasteiger partial charge in [0.1, 0.15) is 11.3 Å². The van der Waals surface area contributed by atoms with Crippen molar-refractivity contribution in [1.29, 1.82) is 0 Å². The molecule has 0 aliphatic carbocycles. The highest BCUT2D eigenvalue weighted by Gasteiger charge is 2.39. The van der Waals surface area contributed by atoms with Crippen LogP contribution in [0.15, 0.2) is 51.5 Å². The lowest BCUT2D eigenvalue weighted by atomic mass is 9.82. The van der Waals surface area contributed by atoms with E-state index in [-0.39, 0.29) is 23.6 Å². The zero-order chi connectivity index (χ0) is 17.9. The fourth-order valence-corrected chi connectivity index (χ4v) is 2.82. The van der Waals surface area contributed by atoms with Crippen molar-refractivity contribution < 1.29 is 23.8 Å². The molecule has 2 N–H and O–H groups in total. The summed E-state index contributed by atoms with van der Waals surface area (Å²) in [5.74, 6) is -1.73. The Labute approximate surface area is 148 Å². The second kappa shape index (κ2) is 7.53. The van der Waals surface area contributed by atoms with E-state index >= 15 is 0 Å². The van der Waals surface area contributed by atoms with E-state index in [1.54, 1.807) is 26.0 Å². The van der Waals surface area contributed by atoms with E-state index in [0.29, 0.717) is 11.3 Å². The van der Waals surface area contributed by atoms with Gasteiger partial charge in [0, 0.05) is 4.47 Å². The number of ether oxygens (including phenoxy) is 3. The SMILES string of the molecule is CCOC(=O)C1=C(C)OC(N)=C(C(=O)OC)C1c1ccc(Br)cc1. The summed E-state index contributed by atoms with van der Waals surface area (Å²) < 4.78 is 16.2. The molecule has 0 fully saturated rings. The summed E-state index contributed by atoms with van der Waals surface area (Å²) in [6.07, 6.45) is 0. The van der Waals surface area contributed by atoms with Gasteiger partial charge in [0.15, 0.2) is 0 Å². The molecule has 1 heterocycles. The van der Waals surface area contributed by atoms with E-state index in [1.807, 2.05) is 12.1 Å². The van der Waals surface area contributed by atoms with Crippen molar-refractivity contribution in [2.45, 2.75) is 19.8 Å². The number of hydrogen-bond acceptors (Lipinski definition) is 6. The van der Waals surface area contributed by atoms with Crippen LogP contribution in [0.4, 0.5) is 0 Å². The number of benzene rings is 1. The van der Waals surface area contributed by atoms with Gasteiger partial charge in [0.2, 0.25) is 5.88 Å². The number of allylic oxidation sites excluding steroid dienone is 1. The zero-order valence-corrected chi connectivity index (χ0v) is 15.2. The molecule has 1 aliphatic heterocycles. The number of esters is 2. The van der Waals surface area contributed by atoms with E-state index in [2.05, 4.69) is 15.9 Å². The van der Waals surface area contributed by atoms with Gasteiger partial charge in [0.25, 0.3) is 0 Å². The average Bonchev–Trinajstić information content (AvgIpc) is 2.54. The van der Waals surface area contributed by atoms with Crippen molar-refractivity contribution >= 4 is 27.9 Å². The second-order valence-electron chi connectivity index (χ2n) is 5.05. The van der Waals surface area contributed by atoms with Crippen LogP contribution < -0.4 is 5.73 Å². The first-order valence-corrected chi connectivity index (χ1v) is 8.09. The molecule has 1 aromatic rings. The molecule has 0 saturated carbocycles. The van der Waals surface area contributed by atoms with Crippen molar-refractivity contribution in [3.63, 3.8) is 0 Å². The van der Waals surface area contributed by atoms with E-state index in [0.717, 1.165) is 4.47 Å². The number of carbonyl (C=O) groups is 2. The number of methoxy groups -OCH3 is 1. The smallest absolute Gasteiger partial charge is 0.340 e. The maximum atomic E-state index is 12.4. The van der Waals surface area contributed by atoms with E-state index < -0.39 is 17.9 Å². The summed E-state index contributed by atoms with van der Waals surface area (Å²) in [7, 11) is 1.25. The standard InChI is InChI=1S/C17H18BrNO5/c1-4-23-17(21)12-9(2)24-15(19)14(16(20)22-3)13(12)10-5-7-11(18)8-6-10/h5-8,13H,4,19H2,1-3H3. The Balaban J connectivity index is 2.63. The summed E-state index contributed by atoms with van der Waals surface area (Å²) in [4.78, 5) is 24.7. The molecule has 1 aromatic carbocycles. The van der Waals surface area contributed by atoms with E-state index in [1.165, 1.54) is 7.11 Å². The minimum Gasteiger partial charge on any atom is -0.465 e. The molecule has 0 saturated heterocycles. The van der Waals surface area contributed by atoms with Crippen molar-refractivity contribution in [3.05, 3.63) is 57.1 Å². The topological polar surface area (TPSA) is 87.9 Å². The first-order valence-electron chi connectivity index (χ1n) is 7.29. The van der Waals surface area contributed by atoms with E-state index in [9.17, 15) is 9.59 Å². The Bertz CT molecular complexity index is 721. The van der Waals surface area contributed by atoms with Gasteiger partial charge in [-0.25, -0.2) is 9.59 Å². The van der Waals surface area contributed by atoms with Gasteiger partial charge in [-0.1, -0.05) is 28.1 Å². The molecule has 7 heteroatoms. The van der Waals surface area contributed by atoms with Crippen molar-refractivity contribution in [2.75, 3.05) is 13.7 Å². The van der Waals surface area contributed by atoms with Crippen LogP contribution in [0.25, 0.3) is 0 Å². The first kappa shape index (κ1) is 18.1. The summed E-state index contributed by atoms with van der Waals surface area (Å²) >= 11 is 3.36. The highest BCUT2D eigenvalue weighted by molar-refractivity contribution is 9.10. The highest BCUT2D eigenvalue weighted by atomic mass is 79.9. The summed E-state index contributed by atoms with van der Waals surface area (Å²) in [5, 5.41) is 0. The van der Waals surface area contributed by atoms with Crippen LogP contribution in [-0.2, 0) is 23.8 Å². The Morgan fingerprint density at radius 2 is 1.83 bits per heavy atom. The molecule has 6 nitrogen and oxygen atoms in total. The van der Waals surface area contributed by atoms with Gasteiger partial charge in [-0.2, -0.15) is 0 Å². The van der Waals surface area contributed by atoms with Gasteiger partial charge in [0.05, 0.1) is 25.2 Å². The lowest BCUT2D eigenvalue weighted by Gasteiger charge is -2.28. The predicted octanol–water partition coefficient (Wildman–Crippen LogP) is 2.74. The molecule has 1 atom stereocenters. The molecule has 0 bridgehead atoms. The molecular formula is C17H18BrNO5. The fraction of sp³-hybridized carbons (Fsp3) is 0.294. The van der Waals surface area contributed by atoms with Crippen molar-refractivity contribution in [1.82, 2.24) is 0 Å². The lowest BCUT2D eigenvalue weighted by molar-refractivity contribution is -0.139. The molecule has 0 spiro atoms. The number of carbonyl (C=O) groups excluding carboxylic acids is 2. The number of rotatable bonds is 4. The van der Waals surface area contributed by atoms with Gasteiger partial charge in [-0.15, -0.1) is 0 Å². The van der Waals surface area contributed by atoms with Gasteiger partial charge in [-0.05, 0) is 31.5 Å². The Morgan fingerprint density at radius 3 is 2.38 bits per heavy atom. The summed E-state index contributed by atoms with van der Waals surface area (Å²) in [6, 6.07) is 7.22. The minimum absolute atomic E-state index is 0.0773. The summed E-state index contributed by atoms with van der Waals surface area (Å²) in [6.45, 7) is 3.52. The highest BCUT2D eigenvalue weighted by Crippen LogP contribution is 2.40. The molecule has 0 radical (unpaired) electrons. The molecule has 1 aliphatic rings. The number of nitrogens with two attached hydrogens (primary N) is 1. The third-order valence-corrected chi connectivity index (χ3v) is 4.12.